The Morgan fingerprint density at radius 2 is 1.72 bits per heavy atom. The number of anilines is 1. The molecule has 0 bridgehead atoms. The summed E-state index contributed by atoms with van der Waals surface area (Å²) >= 11 is 0. The van der Waals surface area contributed by atoms with E-state index >= 15 is 0 Å². The van der Waals surface area contributed by atoms with Gasteiger partial charge in [-0.15, -0.1) is 0 Å². The highest BCUT2D eigenvalue weighted by Crippen LogP contribution is 2.27. The van der Waals surface area contributed by atoms with E-state index in [1.807, 2.05) is 56.3 Å². The van der Waals surface area contributed by atoms with Gasteiger partial charge in [-0.2, -0.15) is 0 Å². The Balaban J connectivity index is 1.79. The van der Waals surface area contributed by atoms with Gasteiger partial charge in [-0.25, -0.2) is 12.7 Å². The predicted octanol–water partition coefficient (Wildman–Crippen LogP) is 3.72. The molecule has 0 spiro atoms. The normalized spacial score (nSPS) is 11.6. The Kier molecular flexibility index (Phi) is 5.91. The summed E-state index contributed by atoms with van der Waals surface area (Å²) in [4.78, 5) is 12.6. The first-order valence-corrected chi connectivity index (χ1v) is 10.6. The maximum atomic E-state index is 12.5. The number of fused-ring (bicyclic) bond motifs is 1. The molecule has 152 valence electrons. The van der Waals surface area contributed by atoms with Crippen molar-refractivity contribution in [3.63, 3.8) is 0 Å². The highest BCUT2D eigenvalue weighted by molar-refractivity contribution is 7.89. The molecular formula is C22H24N2O4S. The number of benzene rings is 3. The molecule has 0 radical (unpaired) electrons. The third-order valence-corrected chi connectivity index (χ3v) is 6.59. The predicted molar refractivity (Wildman–Crippen MR) is 115 cm³/mol. The molecule has 29 heavy (non-hydrogen) atoms. The van der Waals surface area contributed by atoms with Crippen LogP contribution in [0.5, 0.6) is 5.75 Å². The van der Waals surface area contributed by atoms with Crippen LogP contribution >= 0.6 is 0 Å². The van der Waals surface area contributed by atoms with E-state index in [9.17, 15) is 13.2 Å². The number of sulfonamides is 1. The van der Waals surface area contributed by atoms with Gasteiger partial charge in [-0.3, -0.25) is 4.79 Å². The first-order valence-electron chi connectivity index (χ1n) is 9.14. The third kappa shape index (κ3) is 4.41. The third-order valence-electron chi connectivity index (χ3n) is 4.80. The van der Waals surface area contributed by atoms with E-state index in [4.69, 9.17) is 4.74 Å². The first kappa shape index (κ1) is 20.8. The number of nitrogens with zero attached hydrogens (tertiary/aromatic N) is 1. The molecule has 3 aromatic carbocycles. The van der Waals surface area contributed by atoms with Gasteiger partial charge in [-0.05, 0) is 48.6 Å². The minimum Gasteiger partial charge on any atom is -0.483 e. The number of nitrogens with one attached hydrogen (secondary N) is 1. The molecule has 0 heterocycles. The number of hydrogen-bond donors (Lipinski definition) is 1. The van der Waals surface area contributed by atoms with E-state index in [2.05, 4.69) is 5.32 Å². The quantitative estimate of drug-likeness (QED) is 0.669. The topological polar surface area (TPSA) is 75.7 Å². The first-order chi connectivity index (χ1) is 13.7. The highest BCUT2D eigenvalue weighted by atomic mass is 32.2. The lowest BCUT2D eigenvalue weighted by molar-refractivity contribution is -0.118. The van der Waals surface area contributed by atoms with Gasteiger partial charge in [0.1, 0.15) is 5.75 Å². The maximum absolute atomic E-state index is 12.5. The molecule has 1 N–H and O–H groups in total. The average Bonchev–Trinajstić information content (AvgIpc) is 2.69. The number of carbonyl (C=O) groups is 1. The fourth-order valence-corrected chi connectivity index (χ4v) is 3.98. The van der Waals surface area contributed by atoms with Crippen molar-refractivity contribution >= 4 is 32.4 Å². The molecule has 0 aliphatic carbocycles. The molecule has 1 amide bonds. The average molecular weight is 413 g/mol. The van der Waals surface area contributed by atoms with E-state index in [0.29, 0.717) is 11.4 Å². The van der Waals surface area contributed by atoms with Gasteiger partial charge < -0.3 is 10.1 Å². The van der Waals surface area contributed by atoms with Crippen LogP contribution in [-0.2, 0) is 14.8 Å². The molecule has 0 atom stereocenters. The van der Waals surface area contributed by atoms with Gasteiger partial charge >= 0.3 is 0 Å². The van der Waals surface area contributed by atoms with Crippen molar-refractivity contribution in [2.75, 3.05) is 26.0 Å². The standard InChI is InChI=1S/C22H24N2O4S/c1-15-12-18(29(26,27)24(3)4)13-20(16(15)2)23-22(25)14-28-21-11-7-9-17-8-5-6-10-19(17)21/h5-13H,14H2,1-4H3,(H,23,25). The summed E-state index contributed by atoms with van der Waals surface area (Å²) in [6, 6.07) is 16.5. The molecule has 6 nitrogen and oxygen atoms in total. The Morgan fingerprint density at radius 1 is 1.03 bits per heavy atom. The smallest absolute Gasteiger partial charge is 0.262 e. The van der Waals surface area contributed by atoms with Crippen molar-refractivity contribution in [3.8, 4) is 5.75 Å². The van der Waals surface area contributed by atoms with E-state index in [-0.39, 0.29) is 17.4 Å². The van der Waals surface area contributed by atoms with E-state index in [1.165, 1.54) is 20.2 Å². The number of carbonyl (C=O) groups excluding carboxylic acids is 1. The largest absolute Gasteiger partial charge is 0.483 e. The summed E-state index contributed by atoms with van der Waals surface area (Å²) in [6.07, 6.45) is 0. The molecule has 0 saturated carbocycles. The van der Waals surface area contributed by atoms with Crippen LogP contribution in [0, 0.1) is 13.8 Å². The van der Waals surface area contributed by atoms with Crippen LogP contribution < -0.4 is 10.1 Å². The Bertz CT molecular complexity index is 1170. The number of hydrogen-bond acceptors (Lipinski definition) is 4. The molecule has 0 saturated heterocycles. The molecule has 3 rings (SSSR count). The molecular weight excluding hydrogens is 388 g/mol. The van der Waals surface area contributed by atoms with Crippen molar-refractivity contribution in [2.45, 2.75) is 18.7 Å². The lowest BCUT2D eigenvalue weighted by Gasteiger charge is -2.16. The Labute approximate surface area is 171 Å². The van der Waals surface area contributed by atoms with Crippen LogP contribution in [0.4, 0.5) is 5.69 Å². The van der Waals surface area contributed by atoms with Gasteiger partial charge in [0.25, 0.3) is 5.91 Å². The number of aryl methyl sites for hydroxylation is 1. The van der Waals surface area contributed by atoms with E-state index in [1.54, 1.807) is 6.07 Å². The molecule has 0 aliphatic heterocycles. The maximum Gasteiger partial charge on any atom is 0.262 e. The van der Waals surface area contributed by atoms with Gasteiger partial charge in [0.15, 0.2) is 6.61 Å². The molecule has 0 unspecified atom stereocenters. The summed E-state index contributed by atoms with van der Waals surface area (Å²) in [6.45, 7) is 3.46. The van der Waals surface area contributed by atoms with Crippen LogP contribution in [0.3, 0.4) is 0 Å². The molecule has 0 fully saturated rings. The summed E-state index contributed by atoms with van der Waals surface area (Å²) in [7, 11) is -0.657. The number of amides is 1. The summed E-state index contributed by atoms with van der Waals surface area (Å²) in [5, 5.41) is 4.73. The fourth-order valence-electron chi connectivity index (χ4n) is 2.97. The molecule has 3 aromatic rings. The van der Waals surface area contributed by atoms with Crippen LogP contribution in [0.1, 0.15) is 11.1 Å². The monoisotopic (exact) mass is 412 g/mol. The lowest BCUT2D eigenvalue weighted by Crippen LogP contribution is -2.24. The van der Waals surface area contributed by atoms with Crippen molar-refractivity contribution in [2.24, 2.45) is 0 Å². The summed E-state index contributed by atoms with van der Waals surface area (Å²) in [5.41, 5.74) is 2.04. The Hall–Kier alpha value is -2.90. The molecule has 0 aliphatic rings. The minimum atomic E-state index is -3.60. The van der Waals surface area contributed by atoms with Crippen LogP contribution in [0.2, 0.25) is 0 Å². The second kappa shape index (κ2) is 8.23. The SMILES string of the molecule is Cc1cc(S(=O)(=O)N(C)C)cc(NC(=O)COc2cccc3ccccc23)c1C. The van der Waals surface area contributed by atoms with Crippen LogP contribution in [0.15, 0.2) is 59.5 Å². The summed E-state index contributed by atoms with van der Waals surface area (Å²) in [5.74, 6) is 0.259. The zero-order valence-electron chi connectivity index (χ0n) is 16.9. The summed E-state index contributed by atoms with van der Waals surface area (Å²) < 4.78 is 31.8. The molecule has 0 aromatic heterocycles. The second-order valence-corrected chi connectivity index (χ2v) is 9.17. The van der Waals surface area contributed by atoms with Gasteiger partial charge in [0.05, 0.1) is 4.90 Å². The minimum absolute atomic E-state index is 0.135. The van der Waals surface area contributed by atoms with Gasteiger partial charge in [-0.1, -0.05) is 36.4 Å². The van der Waals surface area contributed by atoms with Gasteiger partial charge in [0.2, 0.25) is 10.0 Å². The highest BCUT2D eigenvalue weighted by Gasteiger charge is 2.20. The zero-order chi connectivity index (χ0) is 21.2. The van der Waals surface area contributed by atoms with Crippen LogP contribution in [0.25, 0.3) is 10.8 Å². The zero-order valence-corrected chi connectivity index (χ0v) is 17.7. The number of ether oxygens (including phenoxy) is 1. The van der Waals surface area contributed by atoms with Crippen molar-refractivity contribution in [1.82, 2.24) is 4.31 Å². The lowest BCUT2D eigenvalue weighted by atomic mass is 10.1. The van der Waals surface area contributed by atoms with E-state index in [0.717, 1.165) is 26.2 Å². The van der Waals surface area contributed by atoms with Gasteiger partial charge in [0, 0.05) is 25.2 Å². The van der Waals surface area contributed by atoms with E-state index < -0.39 is 10.0 Å². The Morgan fingerprint density at radius 3 is 2.45 bits per heavy atom. The fraction of sp³-hybridized carbons (Fsp3) is 0.227. The van der Waals surface area contributed by atoms with Crippen molar-refractivity contribution in [1.29, 1.82) is 0 Å². The van der Waals surface area contributed by atoms with Crippen molar-refractivity contribution < 1.29 is 17.9 Å². The van der Waals surface area contributed by atoms with Crippen LogP contribution in [-0.4, -0.2) is 39.3 Å². The van der Waals surface area contributed by atoms with Crippen molar-refractivity contribution in [3.05, 3.63) is 65.7 Å². The molecule has 7 heteroatoms. The second-order valence-electron chi connectivity index (χ2n) is 7.01. The number of rotatable bonds is 6.